The first-order chi connectivity index (χ1) is 9.54. The zero-order valence-electron chi connectivity index (χ0n) is 11.4. The van der Waals surface area contributed by atoms with E-state index < -0.39 is 5.82 Å². The molecule has 0 aliphatic rings. The molecule has 0 fully saturated rings. The molecule has 6 heteroatoms. The smallest absolute Gasteiger partial charge is 0.230 e. The van der Waals surface area contributed by atoms with Gasteiger partial charge in [0, 0.05) is 17.8 Å². The summed E-state index contributed by atoms with van der Waals surface area (Å²) in [5.74, 6) is -0.638. The van der Waals surface area contributed by atoms with Crippen LogP contribution in [0.5, 0.6) is 0 Å². The Hall–Kier alpha value is -1.46. The zero-order chi connectivity index (χ0) is 14.5. The van der Waals surface area contributed by atoms with Gasteiger partial charge >= 0.3 is 0 Å². The van der Waals surface area contributed by atoms with Crippen LogP contribution in [0.4, 0.5) is 10.1 Å². The van der Waals surface area contributed by atoms with Crippen LogP contribution in [0.25, 0.3) is 0 Å². The Labute approximate surface area is 138 Å². The Morgan fingerprint density at radius 1 is 1.29 bits per heavy atom. The number of hydrogen-bond acceptors (Lipinski definition) is 1. The predicted octanol–water partition coefficient (Wildman–Crippen LogP) is 0.108. The van der Waals surface area contributed by atoms with Crippen LogP contribution >= 0.6 is 11.6 Å². The van der Waals surface area contributed by atoms with Crippen molar-refractivity contribution in [2.24, 2.45) is 0 Å². The highest BCUT2D eigenvalue weighted by Crippen LogP contribution is 2.19. The van der Waals surface area contributed by atoms with E-state index in [9.17, 15) is 9.18 Å². The second kappa shape index (κ2) is 8.10. The first-order valence-electron chi connectivity index (χ1n) is 6.25. The molecular weight excluding hydrogens is 359 g/mol. The number of halogens is 3. The number of aromatic nitrogens is 1. The molecule has 1 heterocycles. The van der Waals surface area contributed by atoms with Crippen molar-refractivity contribution in [3.05, 3.63) is 59.1 Å². The third kappa shape index (κ3) is 5.44. The van der Waals surface area contributed by atoms with Crippen molar-refractivity contribution in [3.8, 4) is 0 Å². The van der Waals surface area contributed by atoms with Crippen molar-refractivity contribution in [2.45, 2.75) is 19.9 Å². The maximum atomic E-state index is 13.0. The molecule has 2 rings (SSSR count). The number of amides is 1. The number of anilines is 1. The van der Waals surface area contributed by atoms with E-state index in [1.807, 2.05) is 36.0 Å². The molecule has 21 heavy (non-hydrogen) atoms. The minimum absolute atomic E-state index is 0. The molecule has 0 radical (unpaired) electrons. The van der Waals surface area contributed by atoms with Crippen LogP contribution in [0.1, 0.15) is 12.0 Å². The maximum absolute atomic E-state index is 13.0. The van der Waals surface area contributed by atoms with Crippen LogP contribution in [-0.2, 0) is 11.3 Å². The van der Waals surface area contributed by atoms with Gasteiger partial charge in [-0.05, 0) is 30.7 Å². The van der Waals surface area contributed by atoms with Crippen LogP contribution in [0.2, 0.25) is 5.02 Å². The first-order valence-corrected chi connectivity index (χ1v) is 6.63. The average molecular weight is 374 g/mol. The molecule has 0 atom stereocenters. The van der Waals surface area contributed by atoms with Crippen LogP contribution in [0, 0.1) is 12.7 Å². The number of nitrogens with one attached hydrogen (secondary N) is 1. The topological polar surface area (TPSA) is 33.0 Å². The summed E-state index contributed by atoms with van der Waals surface area (Å²) in [6.07, 6.45) is 4.19. The Balaban J connectivity index is 0.00000220. The molecule has 1 aromatic heterocycles. The SMILES string of the molecule is Cc1cc[n+](CCC(=O)Nc2ccc(F)c(Cl)c2)cc1.[Br-]. The molecule has 0 unspecified atom stereocenters. The van der Waals surface area contributed by atoms with Gasteiger partial charge in [-0.25, -0.2) is 8.96 Å². The summed E-state index contributed by atoms with van der Waals surface area (Å²) in [6, 6.07) is 8.08. The summed E-state index contributed by atoms with van der Waals surface area (Å²) in [5.41, 5.74) is 1.67. The van der Waals surface area contributed by atoms with Crippen LogP contribution in [0.15, 0.2) is 42.7 Å². The fourth-order valence-electron chi connectivity index (χ4n) is 1.71. The summed E-state index contributed by atoms with van der Waals surface area (Å²) in [6.45, 7) is 2.59. The van der Waals surface area contributed by atoms with Gasteiger partial charge in [0.25, 0.3) is 0 Å². The van der Waals surface area contributed by atoms with Gasteiger partial charge in [-0.1, -0.05) is 11.6 Å². The molecule has 0 bridgehead atoms. The van der Waals surface area contributed by atoms with E-state index in [2.05, 4.69) is 5.32 Å². The third-order valence-electron chi connectivity index (χ3n) is 2.86. The maximum Gasteiger partial charge on any atom is 0.230 e. The third-order valence-corrected chi connectivity index (χ3v) is 3.15. The Bertz CT molecular complexity index is 620. The van der Waals surface area contributed by atoms with E-state index in [1.165, 1.54) is 23.8 Å². The summed E-state index contributed by atoms with van der Waals surface area (Å²) >= 11 is 5.65. The molecule has 1 amide bonds. The number of carbonyl (C=O) groups is 1. The standard InChI is InChI=1S/C15H14ClFN2O.BrH/c1-11-4-7-19(8-5-11)9-6-15(20)18-12-2-3-14(17)13(16)10-12;/h2-5,7-8,10H,6,9H2,1H3;1H. The number of rotatable bonds is 4. The van der Waals surface area contributed by atoms with Crippen molar-refractivity contribution in [3.63, 3.8) is 0 Å². The normalized spacial score (nSPS) is 9.86. The van der Waals surface area contributed by atoms with Gasteiger partial charge in [0.1, 0.15) is 5.82 Å². The molecular formula is C15H15BrClFN2O. The molecule has 0 aliphatic heterocycles. The van der Waals surface area contributed by atoms with Crippen molar-refractivity contribution in [1.82, 2.24) is 0 Å². The number of benzene rings is 1. The number of nitrogens with zero attached hydrogens (tertiary/aromatic N) is 1. The summed E-state index contributed by atoms with van der Waals surface area (Å²) in [7, 11) is 0. The highest BCUT2D eigenvalue weighted by atomic mass is 79.9. The molecule has 2 aromatic rings. The minimum atomic E-state index is -0.500. The van der Waals surface area contributed by atoms with E-state index in [0.717, 1.165) is 0 Å². The predicted molar refractivity (Wildman–Crippen MR) is 76.0 cm³/mol. The second-order valence-electron chi connectivity index (χ2n) is 4.54. The molecule has 0 spiro atoms. The Morgan fingerprint density at radius 3 is 2.57 bits per heavy atom. The fourth-order valence-corrected chi connectivity index (χ4v) is 1.89. The minimum Gasteiger partial charge on any atom is -1.00 e. The van der Waals surface area contributed by atoms with Gasteiger partial charge in [-0.2, -0.15) is 0 Å². The van der Waals surface area contributed by atoms with Gasteiger partial charge in [0.2, 0.25) is 5.91 Å². The van der Waals surface area contributed by atoms with Gasteiger partial charge in [-0.15, -0.1) is 0 Å². The number of carbonyl (C=O) groups excluding carboxylic acids is 1. The van der Waals surface area contributed by atoms with E-state index in [4.69, 9.17) is 11.6 Å². The van der Waals surface area contributed by atoms with Crippen molar-refractivity contribution in [2.75, 3.05) is 5.32 Å². The van der Waals surface area contributed by atoms with Crippen molar-refractivity contribution >= 4 is 23.2 Å². The summed E-state index contributed by atoms with van der Waals surface area (Å²) in [5, 5.41) is 2.68. The number of hydrogen-bond donors (Lipinski definition) is 1. The van der Waals surface area contributed by atoms with Gasteiger partial charge in [-0.3, -0.25) is 4.79 Å². The largest absolute Gasteiger partial charge is 1.00 e. The zero-order valence-corrected chi connectivity index (χ0v) is 13.8. The second-order valence-corrected chi connectivity index (χ2v) is 4.95. The highest BCUT2D eigenvalue weighted by molar-refractivity contribution is 6.31. The highest BCUT2D eigenvalue weighted by Gasteiger charge is 2.08. The number of aryl methyl sites for hydroxylation is 2. The lowest BCUT2D eigenvalue weighted by Gasteiger charge is -2.05. The molecule has 112 valence electrons. The van der Waals surface area contributed by atoms with E-state index in [0.29, 0.717) is 18.7 Å². The lowest BCUT2D eigenvalue weighted by molar-refractivity contribution is -0.695. The van der Waals surface area contributed by atoms with E-state index in [1.54, 1.807) is 0 Å². The van der Waals surface area contributed by atoms with Gasteiger partial charge in [0.05, 0.1) is 11.4 Å². The number of pyridine rings is 1. The lowest BCUT2D eigenvalue weighted by atomic mass is 10.3. The van der Waals surface area contributed by atoms with Gasteiger partial charge in [0.15, 0.2) is 18.9 Å². The monoisotopic (exact) mass is 372 g/mol. The average Bonchev–Trinajstić information content (AvgIpc) is 2.42. The van der Waals surface area contributed by atoms with Crippen molar-refractivity contribution < 1.29 is 30.7 Å². The summed E-state index contributed by atoms with van der Waals surface area (Å²) in [4.78, 5) is 11.8. The quantitative estimate of drug-likeness (QED) is 0.758. The van der Waals surface area contributed by atoms with E-state index in [-0.39, 0.29) is 27.9 Å². The van der Waals surface area contributed by atoms with Crippen LogP contribution in [-0.4, -0.2) is 5.91 Å². The molecule has 1 aromatic carbocycles. The molecule has 0 saturated carbocycles. The Morgan fingerprint density at radius 2 is 1.95 bits per heavy atom. The molecule has 3 nitrogen and oxygen atoms in total. The summed E-state index contributed by atoms with van der Waals surface area (Å²) < 4.78 is 14.9. The lowest BCUT2D eigenvalue weighted by Crippen LogP contribution is -3.00. The first kappa shape index (κ1) is 17.6. The van der Waals surface area contributed by atoms with Crippen molar-refractivity contribution in [1.29, 1.82) is 0 Å². The van der Waals surface area contributed by atoms with Gasteiger partial charge < -0.3 is 22.3 Å². The molecule has 0 aliphatic carbocycles. The fraction of sp³-hybridized carbons (Fsp3) is 0.200. The van der Waals surface area contributed by atoms with Crippen LogP contribution < -0.4 is 26.9 Å². The Kier molecular flexibility index (Phi) is 6.78. The van der Waals surface area contributed by atoms with Crippen LogP contribution in [0.3, 0.4) is 0 Å². The molecule has 1 N–H and O–H groups in total. The van der Waals surface area contributed by atoms with E-state index >= 15 is 0 Å². The molecule has 0 saturated heterocycles.